The van der Waals surface area contributed by atoms with Gasteiger partial charge in [-0.2, -0.15) is 0 Å². The molecule has 0 bridgehead atoms. The molecular weight excluding hydrogens is 483 g/mol. The van der Waals surface area contributed by atoms with Crippen LogP contribution in [0.15, 0.2) is 12.1 Å². The van der Waals surface area contributed by atoms with Crippen LogP contribution in [0.2, 0.25) is 0 Å². The van der Waals surface area contributed by atoms with Crippen LogP contribution in [0.25, 0.3) is 22.2 Å². The van der Waals surface area contributed by atoms with Crippen molar-refractivity contribution in [2.45, 2.75) is 45.2 Å². The van der Waals surface area contributed by atoms with Crippen LogP contribution in [0.3, 0.4) is 0 Å². The molecular formula is C25H25F5N4O2. The summed E-state index contributed by atoms with van der Waals surface area (Å²) in [4.78, 5) is 4.54. The Labute approximate surface area is 203 Å². The fourth-order valence-electron chi connectivity index (χ4n) is 6.05. The van der Waals surface area contributed by atoms with E-state index in [-0.39, 0.29) is 23.0 Å². The maximum atomic E-state index is 16.4. The second kappa shape index (κ2) is 8.04. The number of ether oxygens (including phenoxy) is 2. The van der Waals surface area contributed by atoms with E-state index in [2.05, 4.69) is 15.0 Å². The average molecular weight is 508 g/mol. The molecule has 3 N–H and O–H groups in total. The Balaban J connectivity index is 1.66. The number of hydrogen-bond acceptors (Lipinski definition) is 5. The standard InChI is InChI=1S/C25H25F5N4O2/c1-10(2)21-19-18(17-13-7-32-8-14(13)17)16-9-35-4-3-34(16)23(19)20(27)22(33-21)12-5-11(31)6-15(26)24(12)36-25(28,29)30/h5-6,10,13-14,17,32H,3-4,7-9,31H2,1-2H3. The summed E-state index contributed by atoms with van der Waals surface area (Å²) in [7, 11) is 0. The summed E-state index contributed by atoms with van der Waals surface area (Å²) in [6.07, 6.45) is -5.19. The minimum absolute atomic E-state index is 0.172. The molecule has 4 heterocycles. The van der Waals surface area contributed by atoms with Crippen molar-refractivity contribution in [1.29, 1.82) is 0 Å². The van der Waals surface area contributed by atoms with Crippen molar-refractivity contribution < 1.29 is 31.4 Å². The lowest BCUT2D eigenvalue weighted by Crippen LogP contribution is -2.19. The molecule has 2 unspecified atom stereocenters. The number of anilines is 1. The van der Waals surface area contributed by atoms with Gasteiger partial charge in [0.05, 0.1) is 30.0 Å². The number of nitrogen functional groups attached to an aromatic ring is 1. The largest absolute Gasteiger partial charge is 0.573 e. The fourth-order valence-corrected chi connectivity index (χ4v) is 6.05. The van der Waals surface area contributed by atoms with Crippen LogP contribution in [0.5, 0.6) is 5.75 Å². The number of alkyl halides is 3. The number of rotatable bonds is 4. The van der Waals surface area contributed by atoms with Crippen molar-refractivity contribution in [2.75, 3.05) is 25.4 Å². The second-order valence-corrected chi connectivity index (χ2v) is 10.0. The molecule has 2 aromatic heterocycles. The van der Waals surface area contributed by atoms with Gasteiger partial charge in [-0.05, 0) is 48.4 Å². The molecule has 1 aliphatic carbocycles. The SMILES string of the molecule is CC(C)c1nc(-c2cc(N)cc(F)c2OC(F)(F)F)c(F)c2c1c(C1C3CNCC31)c1n2CCOC1. The highest BCUT2D eigenvalue weighted by molar-refractivity contribution is 5.93. The number of pyridine rings is 1. The predicted molar refractivity (Wildman–Crippen MR) is 123 cm³/mol. The first kappa shape index (κ1) is 23.5. The van der Waals surface area contributed by atoms with E-state index in [9.17, 15) is 17.6 Å². The molecule has 1 aromatic carbocycles. The van der Waals surface area contributed by atoms with Crippen molar-refractivity contribution in [2.24, 2.45) is 11.8 Å². The van der Waals surface area contributed by atoms with E-state index < -0.39 is 35.0 Å². The lowest BCUT2D eigenvalue weighted by Gasteiger charge is -2.19. The first-order chi connectivity index (χ1) is 17.1. The Bertz CT molecular complexity index is 1370. The van der Waals surface area contributed by atoms with Crippen LogP contribution in [0.4, 0.5) is 27.6 Å². The number of nitrogens with one attached hydrogen (secondary N) is 1. The Morgan fingerprint density at radius 1 is 1.19 bits per heavy atom. The number of piperidine rings is 1. The molecule has 1 saturated carbocycles. The summed E-state index contributed by atoms with van der Waals surface area (Å²) in [6, 6.07) is 1.77. The van der Waals surface area contributed by atoms with Gasteiger partial charge in [-0.3, -0.25) is 0 Å². The van der Waals surface area contributed by atoms with E-state index in [1.165, 1.54) is 0 Å². The summed E-state index contributed by atoms with van der Waals surface area (Å²) in [6.45, 7) is 6.63. The van der Waals surface area contributed by atoms with Crippen LogP contribution >= 0.6 is 0 Å². The third-order valence-electron chi connectivity index (χ3n) is 7.53. The lowest BCUT2D eigenvalue weighted by molar-refractivity contribution is -0.275. The van der Waals surface area contributed by atoms with Gasteiger partial charge < -0.3 is 25.1 Å². The van der Waals surface area contributed by atoms with Crippen molar-refractivity contribution >= 4 is 16.6 Å². The summed E-state index contributed by atoms with van der Waals surface area (Å²) >= 11 is 0. The van der Waals surface area contributed by atoms with Crippen molar-refractivity contribution in [1.82, 2.24) is 14.9 Å². The fraction of sp³-hybridized carbons (Fsp3) is 0.480. The molecule has 0 spiro atoms. The zero-order valence-corrected chi connectivity index (χ0v) is 19.7. The Hall–Kier alpha value is -2.92. The molecule has 3 aromatic rings. The van der Waals surface area contributed by atoms with Crippen LogP contribution in [-0.2, 0) is 17.9 Å². The highest BCUT2D eigenvalue weighted by Gasteiger charge is 2.55. The Kier molecular flexibility index (Phi) is 5.24. The third-order valence-corrected chi connectivity index (χ3v) is 7.53. The maximum absolute atomic E-state index is 16.4. The number of fused-ring (bicyclic) bond motifs is 4. The van der Waals surface area contributed by atoms with Gasteiger partial charge in [0.15, 0.2) is 17.4 Å². The summed E-state index contributed by atoms with van der Waals surface area (Å²) in [5.74, 6) is -2.40. The molecule has 6 rings (SSSR count). The van der Waals surface area contributed by atoms with E-state index in [0.717, 1.165) is 30.4 Å². The molecule has 2 atom stereocenters. The van der Waals surface area contributed by atoms with E-state index in [1.54, 1.807) is 0 Å². The molecule has 1 saturated heterocycles. The Morgan fingerprint density at radius 2 is 1.92 bits per heavy atom. The number of hydrogen-bond donors (Lipinski definition) is 2. The van der Waals surface area contributed by atoms with Crippen molar-refractivity contribution in [3.63, 3.8) is 0 Å². The molecule has 2 fully saturated rings. The van der Waals surface area contributed by atoms with Gasteiger partial charge in [0.1, 0.15) is 5.69 Å². The minimum atomic E-state index is -5.19. The van der Waals surface area contributed by atoms with Crippen molar-refractivity contribution in [3.05, 3.63) is 40.7 Å². The minimum Gasteiger partial charge on any atom is -0.402 e. The van der Waals surface area contributed by atoms with Gasteiger partial charge in [0.2, 0.25) is 0 Å². The zero-order valence-electron chi connectivity index (χ0n) is 19.7. The zero-order chi connectivity index (χ0) is 25.5. The maximum Gasteiger partial charge on any atom is 0.573 e. The number of halogens is 5. The normalized spacial score (nSPS) is 23.3. The molecule has 3 aliphatic rings. The predicted octanol–water partition coefficient (Wildman–Crippen LogP) is 5.05. The number of nitrogens with zero attached hydrogens (tertiary/aromatic N) is 2. The van der Waals surface area contributed by atoms with E-state index in [0.29, 0.717) is 48.7 Å². The molecule has 2 aliphatic heterocycles. The Morgan fingerprint density at radius 3 is 2.58 bits per heavy atom. The first-order valence-electron chi connectivity index (χ1n) is 11.9. The van der Waals surface area contributed by atoms with Crippen LogP contribution < -0.4 is 15.8 Å². The third kappa shape index (κ3) is 3.54. The molecule has 11 heteroatoms. The molecule has 0 amide bonds. The molecule has 6 nitrogen and oxygen atoms in total. The lowest BCUT2D eigenvalue weighted by atomic mass is 9.95. The molecule has 36 heavy (non-hydrogen) atoms. The van der Waals surface area contributed by atoms with Crippen LogP contribution in [-0.4, -0.2) is 35.6 Å². The van der Waals surface area contributed by atoms with Crippen molar-refractivity contribution in [3.8, 4) is 17.0 Å². The molecule has 192 valence electrons. The van der Waals surface area contributed by atoms with Gasteiger partial charge >= 0.3 is 6.36 Å². The first-order valence-corrected chi connectivity index (χ1v) is 11.9. The summed E-state index contributed by atoms with van der Waals surface area (Å²) < 4.78 is 82.1. The quantitative estimate of drug-likeness (QED) is 0.381. The smallest absolute Gasteiger partial charge is 0.402 e. The second-order valence-electron chi connectivity index (χ2n) is 10.0. The topological polar surface area (TPSA) is 74.3 Å². The number of nitrogens with two attached hydrogens (primary N) is 1. The van der Waals surface area contributed by atoms with Gasteiger partial charge in [-0.1, -0.05) is 13.8 Å². The van der Waals surface area contributed by atoms with Gasteiger partial charge in [-0.25, -0.2) is 13.8 Å². The van der Waals surface area contributed by atoms with Crippen LogP contribution in [0, 0.1) is 23.5 Å². The molecule has 0 radical (unpaired) electrons. The van der Waals surface area contributed by atoms with E-state index >= 15 is 4.39 Å². The monoisotopic (exact) mass is 508 g/mol. The highest BCUT2D eigenvalue weighted by atomic mass is 19.4. The van der Waals surface area contributed by atoms with Crippen LogP contribution in [0.1, 0.15) is 42.6 Å². The number of benzene rings is 1. The number of aromatic nitrogens is 2. The van der Waals surface area contributed by atoms with E-state index in [1.807, 2.05) is 18.4 Å². The summed E-state index contributed by atoms with van der Waals surface area (Å²) in [5.41, 5.74) is 7.37. The van der Waals surface area contributed by atoms with Gasteiger partial charge in [0, 0.05) is 29.4 Å². The average Bonchev–Trinajstić information content (AvgIpc) is 3.14. The van der Waals surface area contributed by atoms with E-state index in [4.69, 9.17) is 10.5 Å². The van der Waals surface area contributed by atoms with Gasteiger partial charge in [-0.15, -0.1) is 13.2 Å². The highest BCUT2D eigenvalue weighted by Crippen LogP contribution is 2.59. The van der Waals surface area contributed by atoms with Gasteiger partial charge in [0.25, 0.3) is 0 Å². The summed E-state index contributed by atoms with van der Waals surface area (Å²) in [5, 5.41) is 4.06.